The zero-order valence-corrected chi connectivity index (χ0v) is 8.40. The average molecular weight is 201 g/mol. The molecule has 0 radical (unpaired) electrons. The van der Waals surface area contributed by atoms with Crippen LogP contribution in [0.15, 0.2) is 29.1 Å². The molecule has 0 spiro atoms. The van der Waals surface area contributed by atoms with Crippen molar-refractivity contribution in [1.29, 1.82) is 0 Å². The molecule has 1 N–H and O–H groups in total. The van der Waals surface area contributed by atoms with Gasteiger partial charge in [-0.15, -0.1) is 0 Å². The predicted octanol–water partition coefficient (Wildman–Crippen LogP) is 1.82. The van der Waals surface area contributed by atoms with Gasteiger partial charge in [0.15, 0.2) is 0 Å². The molecule has 0 bridgehead atoms. The van der Waals surface area contributed by atoms with E-state index in [2.05, 4.69) is 0 Å². The van der Waals surface area contributed by atoms with Crippen LogP contribution in [-0.4, -0.2) is 9.67 Å². The lowest BCUT2D eigenvalue weighted by Crippen LogP contribution is -2.19. The third kappa shape index (κ3) is 0.975. The normalized spacial score (nSPS) is 18.6. The van der Waals surface area contributed by atoms with Gasteiger partial charge in [-0.25, -0.2) is 0 Å². The fraction of sp³-hybridized carbons (Fsp3) is 0.250. The maximum Gasteiger partial charge on any atom is 0.255 e. The van der Waals surface area contributed by atoms with Crippen molar-refractivity contribution in [1.82, 2.24) is 4.57 Å². The number of pyridine rings is 1. The van der Waals surface area contributed by atoms with Crippen molar-refractivity contribution in [3.05, 3.63) is 40.2 Å². The topological polar surface area (TPSA) is 42.2 Å². The van der Waals surface area contributed by atoms with Crippen LogP contribution in [0, 0.1) is 0 Å². The molecule has 0 saturated carbocycles. The summed E-state index contributed by atoms with van der Waals surface area (Å²) in [6.45, 7) is 2.03. The van der Waals surface area contributed by atoms with Gasteiger partial charge in [0.05, 0.1) is 5.52 Å². The standard InChI is InChI=1S/C12H11NO2/c1-7-5-8-3-2-4-9-10(14)6-11(15)13(7)12(8)9/h2-4,6-7,14H,5H2,1H3. The molecular formula is C12H11NO2. The van der Waals surface area contributed by atoms with E-state index >= 15 is 0 Å². The Morgan fingerprint density at radius 1 is 1.47 bits per heavy atom. The molecule has 3 heteroatoms. The summed E-state index contributed by atoms with van der Waals surface area (Å²) in [4.78, 5) is 11.7. The monoisotopic (exact) mass is 201 g/mol. The van der Waals surface area contributed by atoms with Crippen LogP contribution in [-0.2, 0) is 6.42 Å². The number of hydrogen-bond acceptors (Lipinski definition) is 2. The Balaban J connectivity index is 2.61. The van der Waals surface area contributed by atoms with Gasteiger partial charge in [0.2, 0.25) is 0 Å². The number of hydrogen-bond donors (Lipinski definition) is 1. The molecule has 0 aliphatic carbocycles. The van der Waals surface area contributed by atoms with Gasteiger partial charge in [0.1, 0.15) is 5.75 Å². The maximum atomic E-state index is 11.7. The highest BCUT2D eigenvalue weighted by Gasteiger charge is 2.22. The third-order valence-corrected chi connectivity index (χ3v) is 3.09. The number of rotatable bonds is 0. The summed E-state index contributed by atoms with van der Waals surface area (Å²) in [5, 5.41) is 10.5. The van der Waals surface area contributed by atoms with E-state index in [0.29, 0.717) is 0 Å². The molecule has 1 aliphatic rings. The smallest absolute Gasteiger partial charge is 0.255 e. The molecule has 2 heterocycles. The highest BCUT2D eigenvalue weighted by atomic mass is 16.3. The Morgan fingerprint density at radius 3 is 3.07 bits per heavy atom. The molecule has 15 heavy (non-hydrogen) atoms. The van der Waals surface area contributed by atoms with E-state index in [1.807, 2.05) is 25.1 Å². The summed E-state index contributed by atoms with van der Waals surface area (Å²) in [6, 6.07) is 7.28. The van der Waals surface area contributed by atoms with E-state index in [9.17, 15) is 9.90 Å². The minimum atomic E-state index is -0.113. The Morgan fingerprint density at radius 2 is 2.27 bits per heavy atom. The Kier molecular flexibility index (Phi) is 1.49. The second-order valence-electron chi connectivity index (χ2n) is 4.10. The van der Waals surface area contributed by atoms with Crippen LogP contribution in [0.2, 0.25) is 0 Å². The van der Waals surface area contributed by atoms with E-state index in [1.165, 1.54) is 6.07 Å². The fourth-order valence-corrected chi connectivity index (χ4v) is 2.47. The van der Waals surface area contributed by atoms with Crippen molar-refractivity contribution in [3.63, 3.8) is 0 Å². The molecule has 2 aromatic rings. The average Bonchev–Trinajstić information content (AvgIpc) is 2.51. The van der Waals surface area contributed by atoms with Gasteiger partial charge in [-0.05, 0) is 25.0 Å². The largest absolute Gasteiger partial charge is 0.507 e. The molecule has 0 amide bonds. The second-order valence-corrected chi connectivity index (χ2v) is 4.10. The van der Waals surface area contributed by atoms with Crippen molar-refractivity contribution in [2.24, 2.45) is 0 Å². The van der Waals surface area contributed by atoms with Gasteiger partial charge in [0.25, 0.3) is 5.56 Å². The zero-order valence-electron chi connectivity index (χ0n) is 8.40. The second kappa shape index (κ2) is 2.63. The van der Waals surface area contributed by atoms with E-state index in [-0.39, 0.29) is 17.4 Å². The van der Waals surface area contributed by atoms with E-state index < -0.39 is 0 Å². The van der Waals surface area contributed by atoms with Crippen LogP contribution < -0.4 is 5.56 Å². The summed E-state index contributed by atoms with van der Waals surface area (Å²) < 4.78 is 1.77. The van der Waals surface area contributed by atoms with Crippen LogP contribution >= 0.6 is 0 Å². The number of aromatic nitrogens is 1. The molecule has 1 atom stereocenters. The Bertz CT molecular complexity index is 613. The van der Waals surface area contributed by atoms with Crippen LogP contribution in [0.4, 0.5) is 0 Å². The van der Waals surface area contributed by atoms with E-state index in [0.717, 1.165) is 22.9 Å². The van der Waals surface area contributed by atoms with Crippen LogP contribution in [0.5, 0.6) is 5.75 Å². The molecule has 0 fully saturated rings. The summed E-state index contributed by atoms with van der Waals surface area (Å²) in [7, 11) is 0. The molecule has 1 unspecified atom stereocenters. The lowest BCUT2D eigenvalue weighted by atomic mass is 10.1. The van der Waals surface area contributed by atoms with E-state index in [1.54, 1.807) is 4.57 Å². The summed E-state index contributed by atoms with van der Waals surface area (Å²) in [5.74, 6) is 0.0854. The molecule has 3 nitrogen and oxygen atoms in total. The first-order chi connectivity index (χ1) is 7.18. The predicted molar refractivity (Wildman–Crippen MR) is 58.3 cm³/mol. The summed E-state index contributed by atoms with van der Waals surface area (Å²) in [6.07, 6.45) is 0.871. The summed E-state index contributed by atoms with van der Waals surface area (Å²) in [5.41, 5.74) is 1.93. The van der Waals surface area contributed by atoms with Crippen LogP contribution in [0.3, 0.4) is 0 Å². The number of aromatic hydroxyl groups is 1. The van der Waals surface area contributed by atoms with Crippen LogP contribution in [0.1, 0.15) is 18.5 Å². The molecule has 1 aliphatic heterocycles. The molecular weight excluding hydrogens is 190 g/mol. The lowest BCUT2D eigenvalue weighted by molar-refractivity contribution is 0.477. The zero-order chi connectivity index (χ0) is 10.6. The quantitative estimate of drug-likeness (QED) is 0.706. The first-order valence-electron chi connectivity index (χ1n) is 5.04. The van der Waals surface area contributed by atoms with Gasteiger partial charge < -0.3 is 9.67 Å². The highest BCUT2D eigenvalue weighted by molar-refractivity contribution is 5.88. The van der Waals surface area contributed by atoms with Gasteiger partial charge in [-0.3, -0.25) is 4.79 Å². The van der Waals surface area contributed by atoms with Crippen molar-refractivity contribution in [3.8, 4) is 5.75 Å². The fourth-order valence-electron chi connectivity index (χ4n) is 2.47. The number of para-hydroxylation sites is 1. The van der Waals surface area contributed by atoms with Crippen LogP contribution in [0.25, 0.3) is 10.9 Å². The number of nitrogens with zero attached hydrogens (tertiary/aromatic N) is 1. The Hall–Kier alpha value is -1.77. The molecule has 76 valence electrons. The van der Waals surface area contributed by atoms with Gasteiger partial charge in [0, 0.05) is 17.5 Å². The molecule has 1 aromatic heterocycles. The van der Waals surface area contributed by atoms with Crippen molar-refractivity contribution in [2.75, 3.05) is 0 Å². The lowest BCUT2D eigenvalue weighted by Gasteiger charge is -2.08. The minimum Gasteiger partial charge on any atom is -0.507 e. The van der Waals surface area contributed by atoms with Gasteiger partial charge >= 0.3 is 0 Å². The van der Waals surface area contributed by atoms with Crippen molar-refractivity contribution >= 4 is 10.9 Å². The Labute approximate surface area is 86.6 Å². The van der Waals surface area contributed by atoms with Gasteiger partial charge in [-0.2, -0.15) is 0 Å². The SMILES string of the molecule is CC1Cc2cccc3c(O)cc(=O)n1c23. The summed E-state index contributed by atoms with van der Waals surface area (Å²) >= 11 is 0. The number of benzene rings is 1. The highest BCUT2D eigenvalue weighted by Crippen LogP contribution is 2.33. The first-order valence-corrected chi connectivity index (χ1v) is 5.04. The minimum absolute atomic E-state index is 0.0854. The molecule has 3 rings (SSSR count). The van der Waals surface area contributed by atoms with Crippen molar-refractivity contribution in [2.45, 2.75) is 19.4 Å². The van der Waals surface area contributed by atoms with Crippen molar-refractivity contribution < 1.29 is 5.11 Å². The van der Waals surface area contributed by atoms with Gasteiger partial charge in [-0.1, -0.05) is 12.1 Å². The molecule has 0 saturated heterocycles. The first kappa shape index (κ1) is 8.53. The third-order valence-electron chi connectivity index (χ3n) is 3.09. The molecule has 1 aromatic carbocycles. The van der Waals surface area contributed by atoms with E-state index in [4.69, 9.17) is 0 Å². The maximum absolute atomic E-state index is 11.7.